The first-order valence-electron chi connectivity index (χ1n) is 10.8. The molecule has 0 atom stereocenters. The molecule has 0 N–H and O–H groups in total. The van der Waals surface area contributed by atoms with Crippen LogP contribution in [0, 0.1) is 5.41 Å². The first-order valence-corrected chi connectivity index (χ1v) is 10.8. The second-order valence-electron chi connectivity index (χ2n) is 8.37. The second-order valence-corrected chi connectivity index (χ2v) is 8.37. The van der Waals surface area contributed by atoms with Gasteiger partial charge < -0.3 is 14.2 Å². The Morgan fingerprint density at radius 3 is 1.93 bits per heavy atom. The Kier molecular flexibility index (Phi) is 10.5. The van der Waals surface area contributed by atoms with Gasteiger partial charge in [0, 0.05) is 0 Å². The third kappa shape index (κ3) is 8.61. The van der Waals surface area contributed by atoms with Crippen LogP contribution in [-0.4, -0.2) is 36.7 Å². The summed E-state index contributed by atoms with van der Waals surface area (Å²) in [6.45, 7) is 7.62. The van der Waals surface area contributed by atoms with Gasteiger partial charge >= 0.3 is 17.9 Å². The predicted molar refractivity (Wildman–Crippen MR) is 107 cm³/mol. The second kappa shape index (κ2) is 12.1. The van der Waals surface area contributed by atoms with E-state index in [1.807, 2.05) is 20.8 Å². The highest BCUT2D eigenvalue weighted by molar-refractivity contribution is 5.78. The van der Waals surface area contributed by atoms with Crippen molar-refractivity contribution in [2.75, 3.05) is 13.2 Å². The molecule has 0 aromatic heterocycles. The van der Waals surface area contributed by atoms with Crippen LogP contribution in [0.15, 0.2) is 0 Å². The molecule has 162 valence electrons. The molecule has 1 aliphatic carbocycles. The van der Waals surface area contributed by atoms with Crippen molar-refractivity contribution in [3.8, 4) is 0 Å². The quantitative estimate of drug-likeness (QED) is 0.301. The van der Waals surface area contributed by atoms with Crippen molar-refractivity contribution in [2.24, 2.45) is 5.41 Å². The molecule has 6 heteroatoms. The molecule has 1 fully saturated rings. The number of ether oxygens (including phenoxy) is 3. The van der Waals surface area contributed by atoms with Crippen molar-refractivity contribution < 1.29 is 28.6 Å². The lowest BCUT2D eigenvalue weighted by Gasteiger charge is -2.34. The monoisotopic (exact) mass is 398 g/mol. The summed E-state index contributed by atoms with van der Waals surface area (Å²) in [5.41, 5.74) is -0.915. The maximum atomic E-state index is 12.2. The fraction of sp³-hybridized carbons (Fsp3) is 0.864. The van der Waals surface area contributed by atoms with E-state index < -0.39 is 11.4 Å². The normalized spacial score (nSPS) is 17.1. The lowest BCUT2D eigenvalue weighted by molar-refractivity contribution is -0.165. The minimum atomic E-state index is -0.542. The Hall–Kier alpha value is -1.59. The van der Waals surface area contributed by atoms with Crippen LogP contribution in [0.5, 0.6) is 0 Å². The number of carbonyl (C=O) groups is 3. The van der Waals surface area contributed by atoms with E-state index in [2.05, 4.69) is 6.92 Å². The van der Waals surface area contributed by atoms with Crippen LogP contribution in [-0.2, 0) is 28.6 Å². The van der Waals surface area contributed by atoms with Crippen molar-refractivity contribution in [1.29, 1.82) is 0 Å². The van der Waals surface area contributed by atoms with Gasteiger partial charge in [-0.1, -0.05) is 33.1 Å². The molecule has 0 amide bonds. The molecule has 0 spiro atoms. The Balaban J connectivity index is 2.28. The third-order valence-electron chi connectivity index (χ3n) is 5.79. The molecule has 1 aliphatic rings. The topological polar surface area (TPSA) is 78.9 Å². The summed E-state index contributed by atoms with van der Waals surface area (Å²) in [4.78, 5) is 35.9. The van der Waals surface area contributed by atoms with E-state index in [9.17, 15) is 14.4 Å². The molecule has 0 aromatic rings. The van der Waals surface area contributed by atoms with Crippen molar-refractivity contribution in [2.45, 2.75) is 104 Å². The van der Waals surface area contributed by atoms with E-state index in [0.29, 0.717) is 6.42 Å². The number of hydrogen-bond donors (Lipinski definition) is 0. The summed E-state index contributed by atoms with van der Waals surface area (Å²) in [6, 6.07) is 0. The van der Waals surface area contributed by atoms with Crippen molar-refractivity contribution in [1.82, 2.24) is 0 Å². The minimum absolute atomic E-state index is 0.00167. The molecule has 0 aromatic carbocycles. The first kappa shape index (κ1) is 24.4. The molecule has 0 aliphatic heterocycles. The maximum absolute atomic E-state index is 12.2. The summed E-state index contributed by atoms with van der Waals surface area (Å²) in [7, 11) is 0. The zero-order valence-electron chi connectivity index (χ0n) is 18.1. The zero-order chi connectivity index (χ0) is 21.0. The van der Waals surface area contributed by atoms with Crippen LogP contribution < -0.4 is 0 Å². The predicted octanol–water partition coefficient (Wildman–Crippen LogP) is 4.73. The van der Waals surface area contributed by atoms with Gasteiger partial charge in [0.15, 0.2) is 0 Å². The Morgan fingerprint density at radius 1 is 0.821 bits per heavy atom. The van der Waals surface area contributed by atoms with Gasteiger partial charge in [0.1, 0.15) is 18.8 Å². The summed E-state index contributed by atoms with van der Waals surface area (Å²) >= 11 is 0. The standard InChI is InChI=1S/C22H38O6/c1-5-21(3,4)20(25)27-17-16-26-18(23)12-13-19(24)28-22(6-2)14-10-8-7-9-11-15-22/h5-17H2,1-4H3. The molecular formula is C22H38O6. The first-order chi connectivity index (χ1) is 13.2. The van der Waals surface area contributed by atoms with Crippen LogP contribution in [0.3, 0.4) is 0 Å². The zero-order valence-corrected chi connectivity index (χ0v) is 18.1. The van der Waals surface area contributed by atoms with E-state index in [0.717, 1.165) is 32.1 Å². The fourth-order valence-electron chi connectivity index (χ4n) is 3.28. The molecular weight excluding hydrogens is 360 g/mol. The minimum Gasteiger partial charge on any atom is -0.462 e. The summed E-state index contributed by atoms with van der Waals surface area (Å²) in [5.74, 6) is -1.12. The number of esters is 3. The highest BCUT2D eigenvalue weighted by Gasteiger charge is 2.32. The van der Waals surface area contributed by atoms with E-state index in [4.69, 9.17) is 14.2 Å². The van der Waals surface area contributed by atoms with Gasteiger partial charge in [0.05, 0.1) is 18.3 Å². The lowest BCUT2D eigenvalue weighted by Crippen LogP contribution is -2.35. The number of rotatable bonds is 10. The van der Waals surface area contributed by atoms with Crippen LogP contribution in [0.1, 0.15) is 98.3 Å². The van der Waals surface area contributed by atoms with E-state index in [-0.39, 0.29) is 43.6 Å². The van der Waals surface area contributed by atoms with Gasteiger partial charge in [0.2, 0.25) is 0 Å². The number of hydrogen-bond acceptors (Lipinski definition) is 6. The van der Waals surface area contributed by atoms with Crippen LogP contribution >= 0.6 is 0 Å². The van der Waals surface area contributed by atoms with Gasteiger partial charge in [0.25, 0.3) is 0 Å². The Labute approximate surface area is 169 Å². The number of carbonyl (C=O) groups excluding carboxylic acids is 3. The van der Waals surface area contributed by atoms with Crippen LogP contribution in [0.25, 0.3) is 0 Å². The highest BCUT2D eigenvalue weighted by atomic mass is 16.6. The molecule has 0 unspecified atom stereocenters. The van der Waals surface area contributed by atoms with Crippen molar-refractivity contribution in [3.63, 3.8) is 0 Å². The highest BCUT2D eigenvalue weighted by Crippen LogP contribution is 2.33. The largest absolute Gasteiger partial charge is 0.462 e. The molecule has 28 heavy (non-hydrogen) atoms. The summed E-state index contributed by atoms with van der Waals surface area (Å²) in [5, 5.41) is 0. The fourth-order valence-corrected chi connectivity index (χ4v) is 3.28. The van der Waals surface area contributed by atoms with Gasteiger partial charge in [-0.3, -0.25) is 14.4 Å². The van der Waals surface area contributed by atoms with E-state index in [1.165, 1.54) is 19.3 Å². The summed E-state index contributed by atoms with van der Waals surface area (Å²) in [6.07, 6.45) is 9.07. The third-order valence-corrected chi connectivity index (χ3v) is 5.79. The molecule has 1 saturated carbocycles. The maximum Gasteiger partial charge on any atom is 0.311 e. The molecule has 0 bridgehead atoms. The molecule has 6 nitrogen and oxygen atoms in total. The lowest BCUT2D eigenvalue weighted by atomic mass is 9.85. The van der Waals surface area contributed by atoms with Crippen molar-refractivity contribution in [3.05, 3.63) is 0 Å². The summed E-state index contributed by atoms with van der Waals surface area (Å²) < 4.78 is 16.0. The Morgan fingerprint density at radius 2 is 1.36 bits per heavy atom. The smallest absolute Gasteiger partial charge is 0.311 e. The van der Waals surface area contributed by atoms with Crippen molar-refractivity contribution >= 4 is 17.9 Å². The van der Waals surface area contributed by atoms with Gasteiger partial charge in [-0.05, 0) is 52.4 Å². The van der Waals surface area contributed by atoms with E-state index in [1.54, 1.807) is 0 Å². The Bertz CT molecular complexity index is 503. The van der Waals surface area contributed by atoms with E-state index >= 15 is 0 Å². The average molecular weight is 399 g/mol. The SMILES string of the molecule is CCC1(OC(=O)CCC(=O)OCCOC(=O)C(C)(C)CC)CCCCCCC1. The molecule has 0 saturated heterocycles. The van der Waals surface area contributed by atoms with Crippen LogP contribution in [0.2, 0.25) is 0 Å². The van der Waals surface area contributed by atoms with Crippen LogP contribution in [0.4, 0.5) is 0 Å². The molecule has 0 heterocycles. The van der Waals surface area contributed by atoms with Gasteiger partial charge in [-0.15, -0.1) is 0 Å². The average Bonchev–Trinajstić information content (AvgIpc) is 2.65. The molecule has 1 rings (SSSR count). The van der Waals surface area contributed by atoms with Gasteiger partial charge in [-0.2, -0.15) is 0 Å². The van der Waals surface area contributed by atoms with Gasteiger partial charge in [-0.25, -0.2) is 0 Å². The molecule has 0 radical (unpaired) electrons.